The van der Waals surface area contributed by atoms with E-state index in [4.69, 9.17) is 14.7 Å². The molecule has 0 bridgehead atoms. The van der Waals surface area contributed by atoms with Gasteiger partial charge >= 0.3 is 5.97 Å². The van der Waals surface area contributed by atoms with Crippen LogP contribution in [-0.4, -0.2) is 24.5 Å². The molecular formula is C18H14BrNO4. The van der Waals surface area contributed by atoms with E-state index in [1.165, 1.54) is 6.92 Å². The van der Waals surface area contributed by atoms with Crippen LogP contribution in [0.3, 0.4) is 0 Å². The van der Waals surface area contributed by atoms with Crippen LogP contribution in [0.15, 0.2) is 53.0 Å². The van der Waals surface area contributed by atoms with E-state index in [0.29, 0.717) is 16.9 Å². The number of nitrogens with zero attached hydrogens (tertiary/aromatic N) is 1. The van der Waals surface area contributed by atoms with Crippen molar-refractivity contribution in [3.05, 3.63) is 64.1 Å². The zero-order chi connectivity index (χ0) is 17.5. The third-order valence-electron chi connectivity index (χ3n) is 3.15. The van der Waals surface area contributed by atoms with Gasteiger partial charge in [0.2, 0.25) is 5.78 Å². The first-order valence-electron chi connectivity index (χ1n) is 7.12. The fraction of sp³-hybridized carbons (Fsp3) is 0.167. The van der Waals surface area contributed by atoms with Crippen molar-refractivity contribution in [2.45, 2.75) is 13.0 Å². The SMILES string of the molecule is C[C@@H](OC(=O)COc1ccc(C#N)cc1)C(=O)c1ccc(Br)cc1. The van der Waals surface area contributed by atoms with Gasteiger partial charge in [0.25, 0.3) is 0 Å². The quantitative estimate of drug-likeness (QED) is 0.559. The molecule has 6 heteroatoms. The van der Waals surface area contributed by atoms with Crippen molar-refractivity contribution in [3.8, 4) is 11.8 Å². The summed E-state index contributed by atoms with van der Waals surface area (Å²) >= 11 is 3.29. The molecule has 0 heterocycles. The Hall–Kier alpha value is -2.65. The molecule has 0 aliphatic rings. The Morgan fingerprint density at radius 2 is 1.75 bits per heavy atom. The maximum Gasteiger partial charge on any atom is 0.344 e. The second-order valence-electron chi connectivity index (χ2n) is 4.93. The third kappa shape index (κ3) is 4.93. The number of rotatable bonds is 6. The Morgan fingerprint density at radius 3 is 2.33 bits per heavy atom. The van der Waals surface area contributed by atoms with Crippen molar-refractivity contribution >= 4 is 27.7 Å². The standard InChI is InChI=1S/C18H14BrNO4/c1-12(18(22)14-4-6-15(19)7-5-14)24-17(21)11-23-16-8-2-13(10-20)3-9-16/h2-9,12H,11H2,1H3/t12-/m1/s1. The number of ether oxygens (including phenoxy) is 2. The first-order valence-corrected chi connectivity index (χ1v) is 7.91. The molecule has 0 N–H and O–H groups in total. The van der Waals surface area contributed by atoms with Crippen molar-refractivity contribution < 1.29 is 19.1 Å². The zero-order valence-corrected chi connectivity index (χ0v) is 14.4. The molecular weight excluding hydrogens is 374 g/mol. The number of hydrogen-bond acceptors (Lipinski definition) is 5. The van der Waals surface area contributed by atoms with E-state index in [1.54, 1.807) is 48.5 Å². The fourth-order valence-electron chi connectivity index (χ4n) is 1.90. The van der Waals surface area contributed by atoms with Crippen LogP contribution in [0.2, 0.25) is 0 Å². The third-order valence-corrected chi connectivity index (χ3v) is 3.67. The van der Waals surface area contributed by atoms with E-state index >= 15 is 0 Å². The Bertz CT molecular complexity index is 763. The highest BCUT2D eigenvalue weighted by Gasteiger charge is 2.19. The Kier molecular flexibility index (Phi) is 6.10. The highest BCUT2D eigenvalue weighted by Crippen LogP contribution is 2.14. The molecule has 0 amide bonds. The summed E-state index contributed by atoms with van der Waals surface area (Å²) in [6.45, 7) is 1.20. The van der Waals surface area contributed by atoms with Gasteiger partial charge in [0.1, 0.15) is 5.75 Å². The lowest BCUT2D eigenvalue weighted by atomic mass is 10.1. The number of carbonyl (C=O) groups excluding carboxylic acids is 2. The van der Waals surface area contributed by atoms with E-state index in [9.17, 15) is 9.59 Å². The summed E-state index contributed by atoms with van der Waals surface area (Å²) in [5.41, 5.74) is 0.963. The summed E-state index contributed by atoms with van der Waals surface area (Å²) in [4.78, 5) is 24.0. The van der Waals surface area contributed by atoms with Crippen LogP contribution in [0.25, 0.3) is 0 Å². The van der Waals surface area contributed by atoms with Crippen LogP contribution in [-0.2, 0) is 9.53 Å². The fourth-order valence-corrected chi connectivity index (χ4v) is 2.17. The van der Waals surface area contributed by atoms with Gasteiger partial charge in [-0.05, 0) is 43.3 Å². The second kappa shape index (κ2) is 8.27. The van der Waals surface area contributed by atoms with E-state index < -0.39 is 12.1 Å². The van der Waals surface area contributed by atoms with Crippen LogP contribution < -0.4 is 4.74 Å². The number of hydrogen-bond donors (Lipinski definition) is 0. The lowest BCUT2D eigenvalue weighted by Crippen LogP contribution is -2.27. The minimum absolute atomic E-state index is 0.283. The maximum atomic E-state index is 12.2. The van der Waals surface area contributed by atoms with Crippen molar-refractivity contribution in [3.63, 3.8) is 0 Å². The first-order chi connectivity index (χ1) is 11.5. The van der Waals surface area contributed by atoms with Crippen LogP contribution in [0, 0.1) is 11.3 Å². The van der Waals surface area contributed by atoms with Crippen molar-refractivity contribution in [2.24, 2.45) is 0 Å². The smallest absolute Gasteiger partial charge is 0.344 e. The number of Topliss-reactive ketones (excluding diaryl/α,β-unsaturated/α-hetero) is 1. The minimum atomic E-state index is -0.900. The number of halogens is 1. The Morgan fingerprint density at radius 1 is 1.12 bits per heavy atom. The number of carbonyl (C=O) groups is 2. The maximum absolute atomic E-state index is 12.2. The van der Waals surface area contributed by atoms with Gasteiger partial charge in [-0.25, -0.2) is 4.79 Å². The van der Waals surface area contributed by atoms with Crippen LogP contribution >= 0.6 is 15.9 Å². The summed E-state index contributed by atoms with van der Waals surface area (Å²) in [6.07, 6.45) is -0.900. The summed E-state index contributed by atoms with van der Waals surface area (Å²) in [6, 6.07) is 15.1. The highest BCUT2D eigenvalue weighted by molar-refractivity contribution is 9.10. The van der Waals surface area contributed by atoms with Gasteiger partial charge in [-0.2, -0.15) is 5.26 Å². The van der Waals surface area contributed by atoms with E-state index in [2.05, 4.69) is 15.9 Å². The molecule has 0 spiro atoms. The molecule has 0 aromatic heterocycles. The van der Waals surface area contributed by atoms with Crippen molar-refractivity contribution in [1.29, 1.82) is 5.26 Å². The molecule has 2 rings (SSSR count). The normalized spacial score (nSPS) is 11.2. The summed E-state index contributed by atoms with van der Waals surface area (Å²) in [7, 11) is 0. The van der Waals surface area contributed by atoms with Crippen molar-refractivity contribution in [1.82, 2.24) is 0 Å². The van der Waals surface area contributed by atoms with E-state index in [-0.39, 0.29) is 12.4 Å². The topological polar surface area (TPSA) is 76.4 Å². The van der Waals surface area contributed by atoms with Crippen LogP contribution in [0.1, 0.15) is 22.8 Å². The summed E-state index contributed by atoms with van der Waals surface area (Å²) in [5, 5.41) is 8.71. The molecule has 0 radical (unpaired) electrons. The number of ketones is 1. The second-order valence-corrected chi connectivity index (χ2v) is 5.84. The van der Waals surface area contributed by atoms with Gasteiger partial charge in [-0.3, -0.25) is 4.79 Å². The first kappa shape index (κ1) is 17.7. The van der Waals surface area contributed by atoms with E-state index in [0.717, 1.165) is 4.47 Å². The molecule has 0 fully saturated rings. The van der Waals surface area contributed by atoms with E-state index in [1.807, 2.05) is 6.07 Å². The zero-order valence-electron chi connectivity index (χ0n) is 12.9. The minimum Gasteiger partial charge on any atom is -0.482 e. The molecule has 0 aliphatic heterocycles. The van der Waals surface area contributed by atoms with Gasteiger partial charge in [0.05, 0.1) is 11.6 Å². The number of esters is 1. The lowest BCUT2D eigenvalue weighted by molar-refractivity contribution is -0.148. The van der Waals surface area contributed by atoms with Gasteiger partial charge in [-0.15, -0.1) is 0 Å². The molecule has 5 nitrogen and oxygen atoms in total. The van der Waals surface area contributed by atoms with Gasteiger partial charge in [0.15, 0.2) is 12.7 Å². The molecule has 0 saturated heterocycles. The average molecular weight is 388 g/mol. The molecule has 122 valence electrons. The van der Waals surface area contributed by atoms with Crippen LogP contribution in [0.5, 0.6) is 5.75 Å². The largest absolute Gasteiger partial charge is 0.482 e. The number of benzene rings is 2. The van der Waals surface area contributed by atoms with Gasteiger partial charge in [0, 0.05) is 10.0 Å². The Labute approximate surface area is 147 Å². The van der Waals surface area contributed by atoms with Crippen LogP contribution in [0.4, 0.5) is 0 Å². The number of nitriles is 1. The van der Waals surface area contributed by atoms with Crippen molar-refractivity contribution in [2.75, 3.05) is 6.61 Å². The van der Waals surface area contributed by atoms with Gasteiger partial charge < -0.3 is 9.47 Å². The average Bonchev–Trinajstić information content (AvgIpc) is 2.60. The molecule has 0 unspecified atom stereocenters. The lowest BCUT2D eigenvalue weighted by Gasteiger charge is -2.13. The predicted octanol–water partition coefficient (Wildman–Crippen LogP) is 3.51. The molecule has 1 atom stereocenters. The molecule has 0 saturated carbocycles. The molecule has 2 aromatic carbocycles. The molecule has 0 aliphatic carbocycles. The Balaban J connectivity index is 1.85. The molecule has 2 aromatic rings. The predicted molar refractivity (Wildman–Crippen MR) is 90.7 cm³/mol. The summed E-state index contributed by atoms with van der Waals surface area (Å²) < 4.78 is 11.2. The highest BCUT2D eigenvalue weighted by atomic mass is 79.9. The molecule has 24 heavy (non-hydrogen) atoms. The monoisotopic (exact) mass is 387 g/mol. The summed E-state index contributed by atoms with van der Waals surface area (Å²) in [5.74, 6) is -0.482. The van der Waals surface area contributed by atoms with Gasteiger partial charge in [-0.1, -0.05) is 28.1 Å².